The van der Waals surface area contributed by atoms with E-state index in [9.17, 15) is 14.7 Å². The van der Waals surface area contributed by atoms with Gasteiger partial charge in [-0.05, 0) is 56.9 Å². The molecule has 2 fully saturated rings. The SMILES string of the molecule is Cc1cc(-c2nc3ccc(CNC(C(=O)OC4CCOC4)C(C)O)cc3n2CC2CCCCO2)cn(C)c1=O. The number of fused-ring (bicyclic) bond motifs is 1. The Hall–Kier alpha value is -3.05. The molecule has 3 aromatic rings. The third-order valence-corrected chi connectivity index (χ3v) is 7.53. The van der Waals surface area contributed by atoms with Gasteiger partial charge in [0.2, 0.25) is 0 Å². The van der Waals surface area contributed by atoms with E-state index >= 15 is 0 Å². The molecular weight excluding hydrogens is 500 g/mol. The Morgan fingerprint density at radius 3 is 2.79 bits per heavy atom. The molecule has 4 heterocycles. The molecule has 0 amide bonds. The van der Waals surface area contributed by atoms with Crippen molar-refractivity contribution in [3.63, 3.8) is 0 Å². The van der Waals surface area contributed by atoms with Crippen molar-refractivity contribution in [3.05, 3.63) is 51.9 Å². The third kappa shape index (κ3) is 6.24. The molecule has 0 spiro atoms. The van der Waals surface area contributed by atoms with Crippen LogP contribution in [0.4, 0.5) is 0 Å². The van der Waals surface area contributed by atoms with Gasteiger partial charge >= 0.3 is 5.97 Å². The lowest BCUT2D eigenvalue weighted by molar-refractivity contribution is -0.154. The highest BCUT2D eigenvalue weighted by atomic mass is 16.6. The number of carbonyl (C=O) groups excluding carboxylic acids is 1. The second kappa shape index (κ2) is 12.0. The highest BCUT2D eigenvalue weighted by molar-refractivity contribution is 5.81. The van der Waals surface area contributed by atoms with Gasteiger partial charge in [0, 0.05) is 43.9 Å². The maximum absolute atomic E-state index is 12.7. The zero-order valence-electron chi connectivity index (χ0n) is 22.9. The number of hydrogen-bond donors (Lipinski definition) is 2. The second-order valence-electron chi connectivity index (χ2n) is 10.7. The number of benzene rings is 1. The molecule has 2 N–H and O–H groups in total. The van der Waals surface area contributed by atoms with Gasteiger partial charge in [-0.15, -0.1) is 0 Å². The molecule has 2 aromatic heterocycles. The summed E-state index contributed by atoms with van der Waals surface area (Å²) in [5, 5.41) is 13.5. The summed E-state index contributed by atoms with van der Waals surface area (Å²) in [5.41, 5.74) is 4.23. The number of pyridine rings is 1. The van der Waals surface area contributed by atoms with Crippen LogP contribution in [0.25, 0.3) is 22.4 Å². The fourth-order valence-electron chi connectivity index (χ4n) is 5.36. The van der Waals surface area contributed by atoms with E-state index in [4.69, 9.17) is 19.2 Å². The Balaban J connectivity index is 1.43. The number of nitrogens with zero attached hydrogens (tertiary/aromatic N) is 3. The van der Waals surface area contributed by atoms with Crippen LogP contribution in [0.1, 0.15) is 43.7 Å². The van der Waals surface area contributed by atoms with Gasteiger partial charge in [0.25, 0.3) is 5.56 Å². The summed E-state index contributed by atoms with van der Waals surface area (Å²) >= 11 is 0. The zero-order valence-corrected chi connectivity index (χ0v) is 22.9. The molecule has 4 unspecified atom stereocenters. The topological polar surface area (TPSA) is 117 Å². The van der Waals surface area contributed by atoms with Gasteiger partial charge in [-0.2, -0.15) is 0 Å². The summed E-state index contributed by atoms with van der Waals surface area (Å²) < 4.78 is 20.7. The fourth-order valence-corrected chi connectivity index (χ4v) is 5.36. The van der Waals surface area contributed by atoms with Crippen LogP contribution >= 0.6 is 0 Å². The van der Waals surface area contributed by atoms with E-state index < -0.39 is 18.1 Å². The molecular formula is C29H38N4O6. The monoisotopic (exact) mass is 538 g/mol. The first-order valence-corrected chi connectivity index (χ1v) is 13.8. The number of imidazole rings is 1. The van der Waals surface area contributed by atoms with Gasteiger partial charge in [-0.25, -0.2) is 4.98 Å². The Morgan fingerprint density at radius 1 is 1.26 bits per heavy atom. The Bertz CT molecular complexity index is 1340. The van der Waals surface area contributed by atoms with Crippen molar-refractivity contribution in [1.29, 1.82) is 0 Å². The number of carbonyl (C=O) groups is 1. The van der Waals surface area contributed by atoms with Crippen molar-refractivity contribution in [2.24, 2.45) is 7.05 Å². The van der Waals surface area contributed by atoms with Crippen LogP contribution in [0, 0.1) is 6.92 Å². The van der Waals surface area contributed by atoms with E-state index in [0.29, 0.717) is 38.3 Å². The van der Waals surface area contributed by atoms with Crippen LogP contribution in [0.15, 0.2) is 35.3 Å². The normalized spacial score (nSPS) is 21.2. The molecule has 210 valence electrons. The minimum atomic E-state index is -0.919. The van der Waals surface area contributed by atoms with Crippen molar-refractivity contribution in [3.8, 4) is 11.4 Å². The molecule has 0 aliphatic carbocycles. The van der Waals surface area contributed by atoms with Gasteiger partial charge < -0.3 is 28.5 Å². The lowest BCUT2D eigenvalue weighted by atomic mass is 10.1. The standard InChI is InChI=1S/C29H38N4O6/c1-18-12-21(15-32(3)28(18)35)27-31-24-8-7-20(13-25(24)33(27)16-22-6-4-5-10-38-22)14-30-26(19(2)34)29(36)39-23-9-11-37-17-23/h7-8,12-13,15,19,22-23,26,30,34H,4-6,9-11,14,16-17H2,1-3H3. The minimum Gasteiger partial charge on any atom is -0.459 e. The van der Waals surface area contributed by atoms with E-state index in [-0.39, 0.29) is 17.8 Å². The molecule has 0 bridgehead atoms. The molecule has 10 heteroatoms. The van der Waals surface area contributed by atoms with Crippen LogP contribution in [-0.4, -0.2) is 69.4 Å². The summed E-state index contributed by atoms with van der Waals surface area (Å²) in [7, 11) is 1.75. The number of hydrogen-bond acceptors (Lipinski definition) is 8. The van der Waals surface area contributed by atoms with E-state index in [2.05, 4.69) is 16.0 Å². The van der Waals surface area contributed by atoms with Gasteiger partial charge in [0.15, 0.2) is 0 Å². The molecule has 2 aliphatic rings. The quantitative estimate of drug-likeness (QED) is 0.399. The predicted molar refractivity (Wildman–Crippen MR) is 146 cm³/mol. The van der Waals surface area contributed by atoms with Crippen LogP contribution in [0.5, 0.6) is 0 Å². The Kier molecular flexibility index (Phi) is 8.46. The first-order chi connectivity index (χ1) is 18.8. The average molecular weight is 539 g/mol. The molecule has 0 saturated carbocycles. The molecule has 4 atom stereocenters. The number of aliphatic hydroxyl groups is 1. The van der Waals surface area contributed by atoms with Crippen molar-refractivity contribution >= 4 is 17.0 Å². The van der Waals surface area contributed by atoms with Crippen molar-refractivity contribution < 1.29 is 24.1 Å². The zero-order chi connectivity index (χ0) is 27.5. The lowest BCUT2D eigenvalue weighted by Gasteiger charge is -2.24. The summed E-state index contributed by atoms with van der Waals surface area (Å²) in [6.07, 6.45) is 4.57. The number of ether oxygens (including phenoxy) is 3. The van der Waals surface area contributed by atoms with Crippen LogP contribution in [-0.2, 0) is 39.1 Å². The first kappa shape index (κ1) is 27.5. The molecule has 1 aromatic carbocycles. The summed E-state index contributed by atoms with van der Waals surface area (Å²) in [4.78, 5) is 30.0. The largest absolute Gasteiger partial charge is 0.459 e. The highest BCUT2D eigenvalue weighted by Gasteiger charge is 2.29. The maximum Gasteiger partial charge on any atom is 0.326 e. The molecule has 2 saturated heterocycles. The number of rotatable bonds is 9. The fraction of sp³-hybridized carbons (Fsp3) is 0.552. The van der Waals surface area contributed by atoms with Gasteiger partial charge in [-0.1, -0.05) is 6.07 Å². The maximum atomic E-state index is 12.7. The Labute approximate surface area is 227 Å². The molecule has 2 aliphatic heterocycles. The van der Waals surface area contributed by atoms with Crippen molar-refractivity contribution in [1.82, 2.24) is 19.4 Å². The third-order valence-electron chi connectivity index (χ3n) is 7.53. The smallest absolute Gasteiger partial charge is 0.326 e. The van der Waals surface area contributed by atoms with E-state index in [1.165, 1.54) is 0 Å². The van der Waals surface area contributed by atoms with Crippen LogP contribution < -0.4 is 10.9 Å². The predicted octanol–water partition coefficient (Wildman–Crippen LogP) is 2.45. The van der Waals surface area contributed by atoms with Crippen molar-refractivity contribution in [2.75, 3.05) is 19.8 Å². The summed E-state index contributed by atoms with van der Waals surface area (Å²) in [6, 6.07) is 7.03. The highest BCUT2D eigenvalue weighted by Crippen LogP contribution is 2.28. The Morgan fingerprint density at radius 2 is 2.10 bits per heavy atom. The van der Waals surface area contributed by atoms with Gasteiger partial charge in [0.1, 0.15) is 18.0 Å². The van der Waals surface area contributed by atoms with Gasteiger partial charge in [-0.3, -0.25) is 14.9 Å². The number of nitrogens with one attached hydrogen (secondary N) is 1. The van der Waals surface area contributed by atoms with E-state index in [1.807, 2.05) is 31.3 Å². The van der Waals surface area contributed by atoms with Gasteiger partial charge in [0.05, 0.1) is 43.0 Å². The van der Waals surface area contributed by atoms with Crippen LogP contribution in [0.2, 0.25) is 0 Å². The first-order valence-electron chi connectivity index (χ1n) is 13.8. The molecule has 39 heavy (non-hydrogen) atoms. The number of aliphatic hydroxyl groups excluding tert-OH is 1. The summed E-state index contributed by atoms with van der Waals surface area (Å²) in [6.45, 7) is 6.12. The second-order valence-corrected chi connectivity index (χ2v) is 10.7. The lowest BCUT2D eigenvalue weighted by Crippen LogP contribution is -2.46. The summed E-state index contributed by atoms with van der Waals surface area (Å²) in [5.74, 6) is 0.306. The molecule has 0 radical (unpaired) electrons. The van der Waals surface area contributed by atoms with Crippen LogP contribution in [0.3, 0.4) is 0 Å². The molecule has 5 rings (SSSR count). The number of aromatic nitrogens is 3. The average Bonchev–Trinajstić information content (AvgIpc) is 3.55. The van der Waals surface area contributed by atoms with E-state index in [0.717, 1.165) is 53.9 Å². The number of esters is 1. The molecule has 10 nitrogen and oxygen atoms in total. The minimum absolute atomic E-state index is 0.0305. The van der Waals surface area contributed by atoms with Crippen molar-refractivity contribution in [2.45, 2.75) is 77.0 Å². The van der Waals surface area contributed by atoms with E-state index in [1.54, 1.807) is 18.5 Å². The number of aryl methyl sites for hydroxylation is 2.